The van der Waals surface area contributed by atoms with E-state index in [4.69, 9.17) is 5.73 Å². The molecule has 1 aliphatic heterocycles. The van der Waals surface area contributed by atoms with E-state index in [1.54, 1.807) is 16.8 Å². The Hall–Kier alpha value is -2.45. The minimum Gasteiger partial charge on any atom is -0.508 e. The number of carbonyl (C=O) groups excluding carboxylic acids is 1. The van der Waals surface area contributed by atoms with Crippen molar-refractivity contribution in [3.8, 4) is 5.75 Å². The molecule has 1 amide bonds. The molecule has 0 radical (unpaired) electrons. The molecule has 0 aliphatic carbocycles. The monoisotopic (exact) mass is 386 g/mol. The van der Waals surface area contributed by atoms with Crippen molar-refractivity contribution in [2.45, 2.75) is 38.8 Å². The Kier molecular flexibility index (Phi) is 6.64. The smallest absolute Gasteiger partial charge is 0.247 e. The minimum absolute atomic E-state index is 0.0307. The van der Waals surface area contributed by atoms with Gasteiger partial charge in [-0.15, -0.1) is 5.10 Å². The lowest BCUT2D eigenvalue weighted by Crippen LogP contribution is -2.49. The van der Waals surface area contributed by atoms with Crippen molar-refractivity contribution in [3.63, 3.8) is 0 Å². The van der Waals surface area contributed by atoms with Crippen LogP contribution in [0.15, 0.2) is 30.5 Å². The fourth-order valence-electron chi connectivity index (χ4n) is 3.39. The normalized spacial score (nSPS) is 17.9. The largest absolute Gasteiger partial charge is 0.508 e. The maximum atomic E-state index is 13.3. The molecule has 28 heavy (non-hydrogen) atoms. The average molecular weight is 387 g/mol. The topological polar surface area (TPSA) is 109 Å². The lowest BCUT2D eigenvalue weighted by molar-refractivity contribution is -0.135. The average Bonchev–Trinajstić information content (AvgIpc) is 3.22. The van der Waals surface area contributed by atoms with Crippen molar-refractivity contribution >= 4 is 5.91 Å². The molecule has 3 atom stereocenters. The van der Waals surface area contributed by atoms with E-state index in [9.17, 15) is 9.90 Å². The van der Waals surface area contributed by atoms with Gasteiger partial charge in [-0.2, -0.15) is 0 Å². The van der Waals surface area contributed by atoms with Crippen LogP contribution in [-0.4, -0.2) is 57.1 Å². The molecule has 4 N–H and O–H groups in total. The number of nitrogens with two attached hydrogens (primary N) is 1. The number of carbonyl (C=O) groups is 1. The number of aromatic hydroxyl groups is 1. The highest BCUT2D eigenvalue weighted by Gasteiger charge is 2.29. The molecule has 2 heterocycles. The Morgan fingerprint density at radius 1 is 1.29 bits per heavy atom. The summed E-state index contributed by atoms with van der Waals surface area (Å²) in [6, 6.07) is 6.22. The van der Waals surface area contributed by atoms with E-state index in [0.717, 1.165) is 25.1 Å². The number of benzene rings is 1. The Bertz CT molecular complexity index is 769. The standard InChI is InChI=1S/C20H30N6O2/c1-3-14(2)19(21)17-13-26(24-23-17)18(12-15-4-6-16(27)7-5-15)20(28)25-10-8-22-9-11-25/h4-7,13-14,18-19,22,27H,3,8-12,21H2,1-2H3/t14?,18-,19-/m0/s1. The fourth-order valence-corrected chi connectivity index (χ4v) is 3.39. The maximum Gasteiger partial charge on any atom is 0.247 e. The van der Waals surface area contributed by atoms with E-state index in [-0.39, 0.29) is 23.6 Å². The Labute approximate surface area is 165 Å². The van der Waals surface area contributed by atoms with Gasteiger partial charge in [0.25, 0.3) is 0 Å². The molecule has 3 rings (SSSR count). The number of aromatic nitrogens is 3. The van der Waals surface area contributed by atoms with Gasteiger partial charge in [0.1, 0.15) is 11.8 Å². The van der Waals surface area contributed by atoms with E-state index in [0.29, 0.717) is 25.2 Å². The van der Waals surface area contributed by atoms with Gasteiger partial charge >= 0.3 is 0 Å². The quantitative estimate of drug-likeness (QED) is 0.661. The van der Waals surface area contributed by atoms with E-state index >= 15 is 0 Å². The summed E-state index contributed by atoms with van der Waals surface area (Å²) in [7, 11) is 0. The second-order valence-electron chi connectivity index (χ2n) is 7.50. The van der Waals surface area contributed by atoms with Crippen LogP contribution in [0.1, 0.15) is 43.6 Å². The first-order valence-corrected chi connectivity index (χ1v) is 9.94. The summed E-state index contributed by atoms with van der Waals surface area (Å²) in [5.74, 6) is 0.518. The molecule has 1 aromatic heterocycles. The first kappa shape index (κ1) is 20.3. The number of piperazine rings is 1. The molecule has 152 valence electrons. The maximum absolute atomic E-state index is 13.3. The summed E-state index contributed by atoms with van der Waals surface area (Å²) in [4.78, 5) is 15.1. The number of phenolic OH excluding ortho intramolecular Hbond substituents is 1. The van der Waals surface area contributed by atoms with Gasteiger partial charge in [0, 0.05) is 32.6 Å². The van der Waals surface area contributed by atoms with Crippen LogP contribution in [0, 0.1) is 5.92 Å². The van der Waals surface area contributed by atoms with Crippen LogP contribution in [0.5, 0.6) is 5.75 Å². The van der Waals surface area contributed by atoms with Gasteiger partial charge in [-0.1, -0.05) is 37.6 Å². The highest BCUT2D eigenvalue weighted by Crippen LogP contribution is 2.23. The number of nitrogens with zero attached hydrogens (tertiary/aromatic N) is 4. The van der Waals surface area contributed by atoms with Crippen molar-refractivity contribution in [2.24, 2.45) is 11.7 Å². The highest BCUT2D eigenvalue weighted by atomic mass is 16.3. The molecule has 1 aromatic carbocycles. The molecule has 1 aliphatic rings. The van der Waals surface area contributed by atoms with E-state index < -0.39 is 6.04 Å². The van der Waals surface area contributed by atoms with Crippen molar-refractivity contribution in [2.75, 3.05) is 26.2 Å². The Balaban J connectivity index is 1.86. The summed E-state index contributed by atoms with van der Waals surface area (Å²) in [5.41, 5.74) is 7.96. The molecule has 8 nitrogen and oxygen atoms in total. The molecule has 0 spiro atoms. The molecular formula is C20H30N6O2. The van der Waals surface area contributed by atoms with Gasteiger partial charge in [-0.25, -0.2) is 4.68 Å². The van der Waals surface area contributed by atoms with E-state index in [1.807, 2.05) is 23.2 Å². The molecule has 1 saturated heterocycles. The van der Waals surface area contributed by atoms with Crippen molar-refractivity contribution in [1.82, 2.24) is 25.2 Å². The van der Waals surface area contributed by atoms with Crippen molar-refractivity contribution in [1.29, 1.82) is 0 Å². The second kappa shape index (κ2) is 9.16. The predicted molar refractivity (Wildman–Crippen MR) is 107 cm³/mol. The zero-order valence-corrected chi connectivity index (χ0v) is 16.6. The number of nitrogens with one attached hydrogen (secondary N) is 1. The van der Waals surface area contributed by atoms with E-state index in [2.05, 4.69) is 29.5 Å². The Morgan fingerprint density at radius 2 is 1.96 bits per heavy atom. The summed E-state index contributed by atoms with van der Waals surface area (Å²) in [6.07, 6.45) is 3.23. The van der Waals surface area contributed by atoms with Crippen LogP contribution in [0.3, 0.4) is 0 Å². The molecule has 2 aromatic rings. The van der Waals surface area contributed by atoms with Crippen LogP contribution < -0.4 is 11.1 Å². The van der Waals surface area contributed by atoms with Crippen molar-refractivity contribution < 1.29 is 9.90 Å². The first-order valence-electron chi connectivity index (χ1n) is 9.94. The highest BCUT2D eigenvalue weighted by molar-refractivity contribution is 5.80. The zero-order chi connectivity index (χ0) is 20.1. The van der Waals surface area contributed by atoms with Gasteiger partial charge in [0.2, 0.25) is 5.91 Å². The van der Waals surface area contributed by atoms with Crippen LogP contribution >= 0.6 is 0 Å². The Morgan fingerprint density at radius 3 is 2.61 bits per heavy atom. The zero-order valence-electron chi connectivity index (χ0n) is 16.6. The van der Waals surface area contributed by atoms with Crippen LogP contribution in [-0.2, 0) is 11.2 Å². The second-order valence-corrected chi connectivity index (χ2v) is 7.50. The van der Waals surface area contributed by atoms with Crippen LogP contribution in [0.25, 0.3) is 0 Å². The molecule has 0 saturated carbocycles. The number of hydrogen-bond donors (Lipinski definition) is 3. The van der Waals surface area contributed by atoms with Gasteiger partial charge < -0.3 is 21.1 Å². The number of phenols is 1. The van der Waals surface area contributed by atoms with E-state index in [1.165, 1.54) is 0 Å². The summed E-state index contributed by atoms with van der Waals surface area (Å²) in [5, 5.41) is 21.3. The molecule has 8 heteroatoms. The molecular weight excluding hydrogens is 356 g/mol. The third-order valence-electron chi connectivity index (χ3n) is 5.52. The SMILES string of the molecule is CCC(C)[C@H](N)c1cn([C@@H](Cc2ccc(O)cc2)C(=O)N2CCNCC2)nn1. The minimum atomic E-state index is -0.493. The molecule has 1 fully saturated rings. The van der Waals surface area contributed by atoms with Crippen LogP contribution in [0.4, 0.5) is 0 Å². The van der Waals surface area contributed by atoms with Crippen molar-refractivity contribution in [3.05, 3.63) is 41.7 Å². The third kappa shape index (κ3) is 4.69. The van der Waals surface area contributed by atoms with Gasteiger partial charge in [0.15, 0.2) is 0 Å². The molecule has 1 unspecified atom stereocenters. The van der Waals surface area contributed by atoms with Gasteiger partial charge in [-0.05, 0) is 23.6 Å². The van der Waals surface area contributed by atoms with Gasteiger partial charge in [0.05, 0.1) is 17.9 Å². The lowest BCUT2D eigenvalue weighted by atomic mass is 9.98. The summed E-state index contributed by atoms with van der Waals surface area (Å²) >= 11 is 0. The predicted octanol–water partition coefficient (Wildman–Crippen LogP) is 1.25. The number of amides is 1. The molecule has 0 bridgehead atoms. The number of rotatable bonds is 7. The number of hydrogen-bond acceptors (Lipinski definition) is 6. The lowest BCUT2D eigenvalue weighted by Gasteiger charge is -2.31. The van der Waals surface area contributed by atoms with Crippen LogP contribution in [0.2, 0.25) is 0 Å². The fraction of sp³-hybridized carbons (Fsp3) is 0.550. The third-order valence-corrected chi connectivity index (χ3v) is 5.52. The first-order chi connectivity index (χ1) is 13.5. The summed E-state index contributed by atoms with van der Waals surface area (Å²) in [6.45, 7) is 7.12. The van der Waals surface area contributed by atoms with Gasteiger partial charge in [-0.3, -0.25) is 4.79 Å². The summed E-state index contributed by atoms with van der Waals surface area (Å²) < 4.78 is 1.65.